The van der Waals surface area contributed by atoms with Gasteiger partial charge in [-0.1, -0.05) is 18.2 Å². The standard InChI is InChI=1S/C19H22N2O3S/c1-2-24-17-10-4-3-8-15(17)19(23)21-11-5-9-16(21)18(22)20-13-14-7-6-12-25-14/h3-4,6-8,10,12,16H,2,5,9,11,13H2,1H3,(H,20,22). The van der Waals surface area contributed by atoms with Gasteiger partial charge in [-0.25, -0.2) is 0 Å². The lowest BCUT2D eigenvalue weighted by Gasteiger charge is -2.24. The zero-order valence-electron chi connectivity index (χ0n) is 14.2. The topological polar surface area (TPSA) is 58.6 Å². The van der Waals surface area contributed by atoms with E-state index in [1.165, 1.54) is 0 Å². The number of likely N-dealkylation sites (tertiary alicyclic amines) is 1. The van der Waals surface area contributed by atoms with Crippen LogP contribution < -0.4 is 10.1 Å². The molecular formula is C19H22N2O3S. The van der Waals surface area contributed by atoms with E-state index in [1.807, 2.05) is 36.6 Å². The summed E-state index contributed by atoms with van der Waals surface area (Å²) in [4.78, 5) is 28.3. The molecule has 1 saturated heterocycles. The summed E-state index contributed by atoms with van der Waals surface area (Å²) in [7, 11) is 0. The monoisotopic (exact) mass is 358 g/mol. The maximum Gasteiger partial charge on any atom is 0.258 e. The Balaban J connectivity index is 1.70. The Kier molecular flexibility index (Phi) is 5.71. The number of amides is 2. The minimum Gasteiger partial charge on any atom is -0.493 e. The van der Waals surface area contributed by atoms with Crippen molar-refractivity contribution in [3.8, 4) is 5.75 Å². The zero-order valence-corrected chi connectivity index (χ0v) is 15.1. The molecule has 1 unspecified atom stereocenters. The van der Waals surface area contributed by atoms with Crippen molar-refractivity contribution in [2.75, 3.05) is 13.2 Å². The molecule has 6 heteroatoms. The molecule has 0 spiro atoms. The maximum atomic E-state index is 13.0. The SMILES string of the molecule is CCOc1ccccc1C(=O)N1CCCC1C(=O)NCc1cccs1. The zero-order chi connectivity index (χ0) is 17.6. The number of carbonyl (C=O) groups is 2. The first-order chi connectivity index (χ1) is 12.2. The summed E-state index contributed by atoms with van der Waals surface area (Å²) in [6, 6.07) is 10.7. The fraction of sp³-hybridized carbons (Fsp3) is 0.368. The lowest BCUT2D eigenvalue weighted by atomic mass is 10.1. The van der Waals surface area contributed by atoms with Crippen molar-refractivity contribution in [1.29, 1.82) is 0 Å². The van der Waals surface area contributed by atoms with Gasteiger partial charge in [-0.2, -0.15) is 0 Å². The summed E-state index contributed by atoms with van der Waals surface area (Å²) in [6.07, 6.45) is 1.53. The van der Waals surface area contributed by atoms with Crippen LogP contribution in [0.3, 0.4) is 0 Å². The number of thiophene rings is 1. The summed E-state index contributed by atoms with van der Waals surface area (Å²) in [5.41, 5.74) is 0.516. The van der Waals surface area contributed by atoms with Crippen molar-refractivity contribution >= 4 is 23.2 Å². The fourth-order valence-electron chi connectivity index (χ4n) is 3.07. The molecule has 2 heterocycles. The average Bonchev–Trinajstić information content (AvgIpc) is 3.31. The van der Waals surface area contributed by atoms with Gasteiger partial charge in [-0.05, 0) is 43.3 Å². The van der Waals surface area contributed by atoms with Crippen LogP contribution in [-0.2, 0) is 11.3 Å². The van der Waals surface area contributed by atoms with E-state index in [0.29, 0.717) is 37.4 Å². The van der Waals surface area contributed by atoms with Gasteiger partial charge in [0.05, 0.1) is 18.7 Å². The highest BCUT2D eigenvalue weighted by Crippen LogP contribution is 2.25. The van der Waals surface area contributed by atoms with E-state index < -0.39 is 6.04 Å². The third-order valence-corrected chi connectivity index (χ3v) is 5.13. The number of ether oxygens (including phenoxy) is 1. The molecule has 1 aliphatic rings. The van der Waals surface area contributed by atoms with Crippen molar-refractivity contribution < 1.29 is 14.3 Å². The minimum atomic E-state index is -0.415. The van der Waals surface area contributed by atoms with Crippen LogP contribution in [0.15, 0.2) is 41.8 Å². The normalized spacial score (nSPS) is 16.7. The number of nitrogens with zero attached hydrogens (tertiary/aromatic N) is 1. The van der Waals surface area contributed by atoms with Crippen molar-refractivity contribution in [3.05, 3.63) is 52.2 Å². The van der Waals surface area contributed by atoms with Gasteiger partial charge in [0.25, 0.3) is 5.91 Å². The average molecular weight is 358 g/mol. The first-order valence-corrected chi connectivity index (χ1v) is 9.41. The van der Waals surface area contributed by atoms with Crippen LogP contribution in [0.1, 0.15) is 35.0 Å². The van der Waals surface area contributed by atoms with Gasteiger partial charge < -0.3 is 15.0 Å². The third kappa shape index (κ3) is 4.02. The van der Waals surface area contributed by atoms with E-state index in [-0.39, 0.29) is 11.8 Å². The molecule has 5 nitrogen and oxygen atoms in total. The van der Waals surface area contributed by atoms with Gasteiger partial charge in [-0.15, -0.1) is 11.3 Å². The number of para-hydroxylation sites is 1. The number of nitrogens with one attached hydrogen (secondary N) is 1. The van der Waals surface area contributed by atoms with E-state index in [2.05, 4.69) is 5.32 Å². The molecule has 25 heavy (non-hydrogen) atoms. The van der Waals surface area contributed by atoms with Crippen LogP contribution in [0.4, 0.5) is 0 Å². The smallest absolute Gasteiger partial charge is 0.258 e. The molecule has 0 bridgehead atoms. The molecular weight excluding hydrogens is 336 g/mol. The van der Waals surface area contributed by atoms with Crippen LogP contribution in [0.5, 0.6) is 5.75 Å². The largest absolute Gasteiger partial charge is 0.493 e. The van der Waals surface area contributed by atoms with Crippen LogP contribution in [0, 0.1) is 0 Å². The highest BCUT2D eigenvalue weighted by Gasteiger charge is 2.35. The second kappa shape index (κ2) is 8.16. The Morgan fingerprint density at radius 2 is 2.12 bits per heavy atom. The summed E-state index contributed by atoms with van der Waals surface area (Å²) < 4.78 is 5.56. The van der Waals surface area contributed by atoms with Gasteiger partial charge in [0, 0.05) is 11.4 Å². The number of hydrogen-bond donors (Lipinski definition) is 1. The quantitative estimate of drug-likeness (QED) is 0.863. The molecule has 2 aromatic rings. The second-order valence-electron chi connectivity index (χ2n) is 5.88. The highest BCUT2D eigenvalue weighted by molar-refractivity contribution is 7.09. The van der Waals surface area contributed by atoms with Crippen molar-refractivity contribution in [2.24, 2.45) is 0 Å². The van der Waals surface area contributed by atoms with Crippen LogP contribution in [0.25, 0.3) is 0 Å². The van der Waals surface area contributed by atoms with Crippen molar-refractivity contribution in [1.82, 2.24) is 10.2 Å². The van der Waals surface area contributed by atoms with Gasteiger partial charge >= 0.3 is 0 Å². The summed E-state index contributed by atoms with van der Waals surface area (Å²) in [5.74, 6) is 0.339. The molecule has 1 N–H and O–H groups in total. The Bertz CT molecular complexity index is 730. The van der Waals surface area contributed by atoms with Crippen molar-refractivity contribution in [3.63, 3.8) is 0 Å². The highest BCUT2D eigenvalue weighted by atomic mass is 32.1. The number of benzene rings is 1. The van der Waals surface area contributed by atoms with E-state index in [4.69, 9.17) is 4.74 Å². The van der Waals surface area contributed by atoms with E-state index >= 15 is 0 Å². The van der Waals surface area contributed by atoms with Gasteiger partial charge in [-0.3, -0.25) is 9.59 Å². The Labute approximate surface area is 151 Å². The predicted octanol–water partition coefficient (Wildman–Crippen LogP) is 3.07. The molecule has 1 aromatic carbocycles. The first kappa shape index (κ1) is 17.5. The van der Waals surface area contributed by atoms with Crippen LogP contribution in [-0.4, -0.2) is 35.9 Å². The molecule has 1 atom stereocenters. The first-order valence-electron chi connectivity index (χ1n) is 8.53. The summed E-state index contributed by atoms with van der Waals surface area (Å²) in [6.45, 7) is 3.48. The molecule has 1 aliphatic heterocycles. The van der Waals surface area contributed by atoms with Gasteiger partial charge in [0.1, 0.15) is 11.8 Å². The fourth-order valence-corrected chi connectivity index (χ4v) is 3.71. The molecule has 1 fully saturated rings. The predicted molar refractivity (Wildman–Crippen MR) is 97.8 cm³/mol. The maximum absolute atomic E-state index is 13.0. The molecule has 132 valence electrons. The Hall–Kier alpha value is -2.34. The lowest BCUT2D eigenvalue weighted by molar-refractivity contribution is -0.125. The van der Waals surface area contributed by atoms with Gasteiger partial charge in [0.2, 0.25) is 5.91 Å². The van der Waals surface area contributed by atoms with Crippen LogP contribution >= 0.6 is 11.3 Å². The molecule has 1 aromatic heterocycles. The molecule has 0 radical (unpaired) electrons. The Morgan fingerprint density at radius 1 is 1.28 bits per heavy atom. The molecule has 0 saturated carbocycles. The number of carbonyl (C=O) groups excluding carboxylic acids is 2. The number of rotatable bonds is 6. The Morgan fingerprint density at radius 3 is 2.88 bits per heavy atom. The van der Waals surface area contributed by atoms with E-state index in [0.717, 1.165) is 11.3 Å². The molecule has 2 amide bonds. The lowest BCUT2D eigenvalue weighted by Crippen LogP contribution is -2.45. The van der Waals surface area contributed by atoms with E-state index in [1.54, 1.807) is 28.4 Å². The summed E-state index contributed by atoms with van der Waals surface area (Å²) >= 11 is 1.61. The molecule has 0 aliphatic carbocycles. The minimum absolute atomic E-state index is 0.0897. The van der Waals surface area contributed by atoms with Gasteiger partial charge in [0.15, 0.2) is 0 Å². The van der Waals surface area contributed by atoms with Crippen LogP contribution in [0.2, 0.25) is 0 Å². The summed E-state index contributed by atoms with van der Waals surface area (Å²) in [5, 5.41) is 4.93. The number of hydrogen-bond acceptors (Lipinski definition) is 4. The van der Waals surface area contributed by atoms with Crippen molar-refractivity contribution in [2.45, 2.75) is 32.4 Å². The molecule has 3 rings (SSSR count). The third-order valence-electron chi connectivity index (χ3n) is 4.25. The van der Waals surface area contributed by atoms with E-state index in [9.17, 15) is 9.59 Å². The second-order valence-corrected chi connectivity index (χ2v) is 6.92.